The Bertz CT molecular complexity index is 1410. The first-order valence-electron chi connectivity index (χ1n) is 11.3. The lowest BCUT2D eigenvalue weighted by Gasteiger charge is -2.30. The SMILES string of the molecule is Cc1cccc(C(=O)N(CCN2C(=O)c3cccc4cccc(c34)C2=O)c2cccc(C)c2)c1. The standard InChI is InChI=1S/C29H24N2O3/c1-19-7-3-11-22(17-19)27(32)30(23-12-4-8-20(2)18-23)15-16-31-28(33)24-13-5-9-21-10-6-14-25(26(21)24)29(31)34/h3-14,17-18H,15-16H2,1-2H3. The number of hydrogen-bond donors (Lipinski definition) is 0. The molecule has 4 aromatic carbocycles. The minimum atomic E-state index is -0.332. The fourth-order valence-corrected chi connectivity index (χ4v) is 4.56. The van der Waals surface area contributed by atoms with Crippen molar-refractivity contribution in [3.8, 4) is 0 Å². The molecule has 1 aliphatic heterocycles. The maximum Gasteiger partial charge on any atom is 0.261 e. The molecule has 0 saturated heterocycles. The number of rotatable bonds is 5. The molecule has 34 heavy (non-hydrogen) atoms. The Labute approximate surface area is 198 Å². The molecular weight excluding hydrogens is 424 g/mol. The molecule has 168 valence electrons. The molecule has 5 rings (SSSR count). The van der Waals surface area contributed by atoms with E-state index in [0.717, 1.165) is 22.2 Å². The molecule has 4 aromatic rings. The van der Waals surface area contributed by atoms with Crippen molar-refractivity contribution < 1.29 is 14.4 Å². The number of carbonyl (C=O) groups excluding carboxylic acids is 3. The van der Waals surface area contributed by atoms with Gasteiger partial charge in [0.2, 0.25) is 0 Å². The molecule has 0 N–H and O–H groups in total. The minimum Gasteiger partial charge on any atom is -0.307 e. The van der Waals surface area contributed by atoms with Crippen LogP contribution in [0.2, 0.25) is 0 Å². The number of nitrogens with zero attached hydrogens (tertiary/aromatic N) is 2. The van der Waals surface area contributed by atoms with Gasteiger partial charge in [0, 0.05) is 40.9 Å². The minimum absolute atomic E-state index is 0.0912. The third-order valence-electron chi connectivity index (χ3n) is 6.23. The highest BCUT2D eigenvalue weighted by molar-refractivity contribution is 6.25. The molecule has 3 amide bonds. The normalized spacial score (nSPS) is 12.8. The lowest BCUT2D eigenvalue weighted by atomic mass is 9.94. The number of imide groups is 1. The zero-order chi connectivity index (χ0) is 23.8. The second-order valence-electron chi connectivity index (χ2n) is 8.64. The average Bonchev–Trinajstić information content (AvgIpc) is 2.84. The van der Waals surface area contributed by atoms with Crippen LogP contribution in [0.25, 0.3) is 10.8 Å². The highest BCUT2D eigenvalue weighted by Gasteiger charge is 2.33. The first-order chi connectivity index (χ1) is 16.4. The molecular formula is C29H24N2O3. The van der Waals surface area contributed by atoms with Gasteiger partial charge in [0.1, 0.15) is 0 Å². The van der Waals surface area contributed by atoms with E-state index in [9.17, 15) is 14.4 Å². The summed E-state index contributed by atoms with van der Waals surface area (Å²) >= 11 is 0. The van der Waals surface area contributed by atoms with Gasteiger partial charge in [-0.25, -0.2) is 0 Å². The van der Waals surface area contributed by atoms with Crippen LogP contribution in [0.3, 0.4) is 0 Å². The van der Waals surface area contributed by atoms with Gasteiger partial charge in [-0.3, -0.25) is 19.3 Å². The van der Waals surface area contributed by atoms with Gasteiger partial charge >= 0.3 is 0 Å². The second kappa shape index (κ2) is 8.60. The van der Waals surface area contributed by atoms with Crippen LogP contribution in [0.4, 0.5) is 5.69 Å². The van der Waals surface area contributed by atoms with Gasteiger partial charge in [-0.1, -0.05) is 54.1 Å². The molecule has 0 radical (unpaired) electrons. The van der Waals surface area contributed by atoms with E-state index in [-0.39, 0.29) is 30.8 Å². The molecule has 0 unspecified atom stereocenters. The van der Waals surface area contributed by atoms with Crippen LogP contribution >= 0.6 is 0 Å². The quantitative estimate of drug-likeness (QED) is 0.384. The predicted octanol–water partition coefficient (Wildman–Crippen LogP) is 5.40. The zero-order valence-electron chi connectivity index (χ0n) is 19.1. The Balaban J connectivity index is 1.48. The van der Waals surface area contributed by atoms with E-state index in [4.69, 9.17) is 0 Å². The van der Waals surface area contributed by atoms with Crippen molar-refractivity contribution in [1.29, 1.82) is 0 Å². The Hall–Kier alpha value is -4.25. The molecule has 0 bridgehead atoms. The summed E-state index contributed by atoms with van der Waals surface area (Å²) in [4.78, 5) is 43.0. The van der Waals surface area contributed by atoms with E-state index in [1.807, 2.05) is 80.6 Å². The number of amides is 3. The summed E-state index contributed by atoms with van der Waals surface area (Å²) in [6.07, 6.45) is 0. The van der Waals surface area contributed by atoms with Gasteiger partial charge in [-0.2, -0.15) is 0 Å². The van der Waals surface area contributed by atoms with Crippen LogP contribution in [0, 0.1) is 13.8 Å². The van der Waals surface area contributed by atoms with Crippen LogP contribution in [0.15, 0.2) is 84.9 Å². The smallest absolute Gasteiger partial charge is 0.261 e. The molecule has 0 spiro atoms. The van der Waals surface area contributed by atoms with Gasteiger partial charge in [0.25, 0.3) is 17.7 Å². The molecule has 0 aromatic heterocycles. The fourth-order valence-electron chi connectivity index (χ4n) is 4.56. The third-order valence-corrected chi connectivity index (χ3v) is 6.23. The van der Waals surface area contributed by atoms with Crippen LogP contribution < -0.4 is 4.90 Å². The van der Waals surface area contributed by atoms with Gasteiger partial charge in [0.05, 0.1) is 0 Å². The maximum absolute atomic E-state index is 13.5. The van der Waals surface area contributed by atoms with Gasteiger partial charge in [0.15, 0.2) is 0 Å². The molecule has 0 aliphatic carbocycles. The van der Waals surface area contributed by atoms with Crippen molar-refractivity contribution in [2.75, 3.05) is 18.0 Å². The van der Waals surface area contributed by atoms with Gasteiger partial charge in [-0.05, 0) is 61.2 Å². The van der Waals surface area contributed by atoms with Crippen molar-refractivity contribution in [3.63, 3.8) is 0 Å². The first kappa shape index (κ1) is 21.6. The Morgan fingerprint density at radius 3 is 1.97 bits per heavy atom. The monoisotopic (exact) mass is 448 g/mol. The summed E-state index contributed by atoms with van der Waals surface area (Å²) in [6.45, 7) is 4.19. The summed E-state index contributed by atoms with van der Waals surface area (Å²) in [5.74, 6) is -0.836. The van der Waals surface area contributed by atoms with Crippen LogP contribution in [-0.4, -0.2) is 35.7 Å². The van der Waals surface area contributed by atoms with E-state index in [0.29, 0.717) is 22.1 Å². The summed E-state index contributed by atoms with van der Waals surface area (Å²) in [7, 11) is 0. The topological polar surface area (TPSA) is 57.7 Å². The zero-order valence-corrected chi connectivity index (χ0v) is 19.1. The van der Waals surface area contributed by atoms with Gasteiger partial charge in [-0.15, -0.1) is 0 Å². The van der Waals surface area contributed by atoms with E-state index in [1.54, 1.807) is 23.1 Å². The molecule has 1 heterocycles. The number of anilines is 1. The number of hydrogen-bond acceptors (Lipinski definition) is 3. The molecule has 5 heteroatoms. The summed E-state index contributed by atoms with van der Waals surface area (Å²) in [5.41, 5.74) is 4.32. The summed E-state index contributed by atoms with van der Waals surface area (Å²) in [6, 6.07) is 26.1. The second-order valence-corrected chi connectivity index (χ2v) is 8.64. The van der Waals surface area contributed by atoms with Crippen LogP contribution in [0.5, 0.6) is 0 Å². The lowest BCUT2D eigenvalue weighted by Crippen LogP contribution is -2.46. The first-order valence-corrected chi connectivity index (χ1v) is 11.3. The van der Waals surface area contributed by atoms with Crippen molar-refractivity contribution in [2.24, 2.45) is 0 Å². The van der Waals surface area contributed by atoms with Crippen molar-refractivity contribution in [3.05, 3.63) is 113 Å². The summed E-state index contributed by atoms with van der Waals surface area (Å²) in [5, 5.41) is 1.56. The number of benzene rings is 4. The highest BCUT2D eigenvalue weighted by atomic mass is 16.2. The lowest BCUT2D eigenvalue weighted by molar-refractivity contribution is 0.0611. The largest absolute Gasteiger partial charge is 0.307 e. The fraction of sp³-hybridized carbons (Fsp3) is 0.138. The van der Waals surface area contributed by atoms with E-state index in [2.05, 4.69) is 0 Å². The predicted molar refractivity (Wildman–Crippen MR) is 133 cm³/mol. The van der Waals surface area contributed by atoms with Crippen molar-refractivity contribution >= 4 is 34.2 Å². The molecule has 0 saturated carbocycles. The molecule has 1 aliphatic rings. The van der Waals surface area contributed by atoms with Gasteiger partial charge < -0.3 is 4.90 Å². The number of carbonyl (C=O) groups is 3. The highest BCUT2D eigenvalue weighted by Crippen LogP contribution is 2.30. The molecule has 0 atom stereocenters. The van der Waals surface area contributed by atoms with Crippen LogP contribution in [0.1, 0.15) is 42.2 Å². The van der Waals surface area contributed by atoms with Crippen molar-refractivity contribution in [1.82, 2.24) is 4.90 Å². The molecule has 5 nitrogen and oxygen atoms in total. The van der Waals surface area contributed by atoms with E-state index in [1.165, 1.54) is 4.90 Å². The Morgan fingerprint density at radius 2 is 1.35 bits per heavy atom. The van der Waals surface area contributed by atoms with Crippen LogP contribution in [-0.2, 0) is 0 Å². The third kappa shape index (κ3) is 3.75. The van der Waals surface area contributed by atoms with E-state index >= 15 is 0 Å². The Kier molecular flexibility index (Phi) is 5.46. The number of aryl methyl sites for hydroxylation is 2. The molecule has 0 fully saturated rings. The average molecular weight is 449 g/mol. The Morgan fingerprint density at radius 1 is 0.765 bits per heavy atom. The van der Waals surface area contributed by atoms with E-state index < -0.39 is 0 Å². The van der Waals surface area contributed by atoms with Crippen molar-refractivity contribution in [2.45, 2.75) is 13.8 Å². The maximum atomic E-state index is 13.5. The summed E-state index contributed by atoms with van der Waals surface area (Å²) < 4.78 is 0.